The van der Waals surface area contributed by atoms with E-state index in [2.05, 4.69) is 20.6 Å². The Balaban J connectivity index is 1.88. The van der Waals surface area contributed by atoms with E-state index in [4.69, 9.17) is 0 Å². The first kappa shape index (κ1) is 14.1. The normalized spacial score (nSPS) is 31.5. The predicted molar refractivity (Wildman–Crippen MR) is 79.9 cm³/mol. The second-order valence-electron chi connectivity index (χ2n) is 7.08. The SMILES string of the molecule is O=NC1C(C(F)(F)F)=C2c3ccc4n[nH]nc4c3CC23CCC1C3. The van der Waals surface area contributed by atoms with E-state index in [9.17, 15) is 18.1 Å². The molecule has 0 amide bonds. The summed E-state index contributed by atoms with van der Waals surface area (Å²) < 4.78 is 41.5. The summed E-state index contributed by atoms with van der Waals surface area (Å²) in [5.41, 5.74) is 1.68. The highest BCUT2D eigenvalue weighted by molar-refractivity contribution is 5.91. The molecule has 1 spiro atoms. The van der Waals surface area contributed by atoms with Gasteiger partial charge in [0.05, 0.1) is 5.57 Å². The molecule has 1 saturated carbocycles. The van der Waals surface area contributed by atoms with Gasteiger partial charge in [0, 0.05) is 5.41 Å². The molecule has 3 atom stereocenters. The molecule has 3 unspecified atom stereocenters. The van der Waals surface area contributed by atoms with Gasteiger partial charge in [0.2, 0.25) is 0 Å². The number of nitrogens with one attached hydrogen (secondary N) is 1. The van der Waals surface area contributed by atoms with Crippen molar-refractivity contribution in [3.05, 3.63) is 33.7 Å². The molecule has 1 aromatic carbocycles. The molecular formula is C16H13F3N4O. The van der Waals surface area contributed by atoms with Gasteiger partial charge in [-0.3, -0.25) is 0 Å². The molecule has 3 aliphatic rings. The number of allylic oxidation sites excluding steroid dienone is 1. The summed E-state index contributed by atoms with van der Waals surface area (Å²) in [5.74, 6) is -0.315. The lowest BCUT2D eigenvalue weighted by atomic mass is 9.70. The Hall–Kier alpha value is -2.25. The van der Waals surface area contributed by atoms with Gasteiger partial charge in [-0.2, -0.15) is 33.5 Å². The fourth-order valence-corrected chi connectivity index (χ4v) is 5.18. The largest absolute Gasteiger partial charge is 0.415 e. The van der Waals surface area contributed by atoms with E-state index < -0.39 is 23.2 Å². The van der Waals surface area contributed by atoms with E-state index in [-0.39, 0.29) is 11.5 Å². The summed E-state index contributed by atoms with van der Waals surface area (Å²) >= 11 is 0. The molecule has 2 aromatic rings. The van der Waals surface area contributed by atoms with Gasteiger partial charge in [-0.25, -0.2) is 0 Å². The molecule has 8 heteroatoms. The number of aromatic amines is 1. The highest BCUT2D eigenvalue weighted by Crippen LogP contribution is 2.65. The smallest absolute Gasteiger partial charge is 0.197 e. The number of hydrogen-bond acceptors (Lipinski definition) is 4. The van der Waals surface area contributed by atoms with Crippen LogP contribution in [0.1, 0.15) is 30.4 Å². The summed E-state index contributed by atoms with van der Waals surface area (Å²) in [6, 6.07) is 2.08. The van der Waals surface area contributed by atoms with Gasteiger partial charge in [-0.15, -0.1) is 0 Å². The number of rotatable bonds is 1. The lowest BCUT2D eigenvalue weighted by molar-refractivity contribution is -0.0980. The van der Waals surface area contributed by atoms with E-state index in [1.54, 1.807) is 12.1 Å². The molecule has 0 saturated heterocycles. The van der Waals surface area contributed by atoms with Crippen molar-refractivity contribution in [2.75, 3.05) is 0 Å². The molecular weight excluding hydrogens is 321 g/mol. The molecule has 24 heavy (non-hydrogen) atoms. The zero-order valence-electron chi connectivity index (χ0n) is 12.5. The molecule has 3 aliphatic carbocycles. The maximum Gasteiger partial charge on any atom is 0.415 e. The van der Waals surface area contributed by atoms with Crippen LogP contribution in [0, 0.1) is 16.2 Å². The molecule has 5 nitrogen and oxygen atoms in total. The van der Waals surface area contributed by atoms with Crippen molar-refractivity contribution in [3.63, 3.8) is 0 Å². The van der Waals surface area contributed by atoms with Gasteiger partial charge in [-0.1, -0.05) is 11.2 Å². The zero-order chi connectivity index (χ0) is 16.7. The van der Waals surface area contributed by atoms with E-state index >= 15 is 0 Å². The monoisotopic (exact) mass is 334 g/mol. The van der Waals surface area contributed by atoms with Crippen LogP contribution < -0.4 is 0 Å². The van der Waals surface area contributed by atoms with Crippen LogP contribution in [0.3, 0.4) is 0 Å². The number of benzene rings is 1. The van der Waals surface area contributed by atoms with Crippen molar-refractivity contribution in [2.45, 2.75) is 37.9 Å². The number of alkyl halides is 3. The number of H-pyrrole nitrogens is 1. The average Bonchev–Trinajstić information content (AvgIpc) is 3.21. The van der Waals surface area contributed by atoms with Crippen molar-refractivity contribution in [3.8, 4) is 0 Å². The highest BCUT2D eigenvalue weighted by atomic mass is 19.4. The average molecular weight is 334 g/mol. The first-order valence-electron chi connectivity index (χ1n) is 7.92. The Morgan fingerprint density at radius 3 is 2.88 bits per heavy atom. The second kappa shape index (κ2) is 4.23. The van der Waals surface area contributed by atoms with Crippen molar-refractivity contribution < 1.29 is 13.2 Å². The quantitative estimate of drug-likeness (QED) is 0.807. The maximum atomic E-state index is 13.8. The third-order valence-corrected chi connectivity index (χ3v) is 5.99. The Morgan fingerprint density at radius 1 is 1.29 bits per heavy atom. The third-order valence-electron chi connectivity index (χ3n) is 5.99. The molecule has 0 radical (unpaired) electrons. The van der Waals surface area contributed by atoms with E-state index in [0.717, 1.165) is 5.56 Å². The number of hydrogen-bond donors (Lipinski definition) is 1. The fraction of sp³-hybridized carbons (Fsp3) is 0.500. The number of halogens is 3. The summed E-state index contributed by atoms with van der Waals surface area (Å²) in [5, 5.41) is 13.6. The summed E-state index contributed by atoms with van der Waals surface area (Å²) in [4.78, 5) is 11.3. The van der Waals surface area contributed by atoms with Crippen LogP contribution in [0.2, 0.25) is 0 Å². The standard InChI is InChI=1S/C16H13F3N4O/c17-16(18,19)12-11-8-1-2-10-14(21-23-20-10)9(8)6-15(11)4-3-7(5-15)13(12)22-24/h1-2,7,13H,3-6H2,(H,20,21,23). The van der Waals surface area contributed by atoms with Crippen molar-refractivity contribution >= 4 is 16.6 Å². The first-order valence-corrected chi connectivity index (χ1v) is 7.92. The zero-order valence-corrected chi connectivity index (χ0v) is 12.5. The Labute approximate surface area is 134 Å². The van der Waals surface area contributed by atoms with Crippen LogP contribution >= 0.6 is 0 Å². The fourth-order valence-electron chi connectivity index (χ4n) is 5.18. The van der Waals surface area contributed by atoms with Crippen LogP contribution in [0.15, 0.2) is 22.9 Å². The van der Waals surface area contributed by atoms with E-state index in [1.807, 2.05) is 0 Å². The predicted octanol–water partition coefficient (Wildman–Crippen LogP) is 3.77. The van der Waals surface area contributed by atoms with Gasteiger partial charge in [0.1, 0.15) is 17.1 Å². The van der Waals surface area contributed by atoms with Crippen molar-refractivity contribution in [2.24, 2.45) is 16.5 Å². The summed E-state index contributed by atoms with van der Waals surface area (Å²) in [6.45, 7) is 0. The molecule has 124 valence electrons. The minimum absolute atomic E-state index is 0.285. The van der Waals surface area contributed by atoms with Gasteiger partial charge < -0.3 is 0 Å². The van der Waals surface area contributed by atoms with Crippen LogP contribution in [0.4, 0.5) is 13.2 Å². The lowest BCUT2D eigenvalue weighted by Gasteiger charge is -2.36. The van der Waals surface area contributed by atoms with E-state index in [1.165, 1.54) is 0 Å². The van der Waals surface area contributed by atoms with Crippen LogP contribution in [0.5, 0.6) is 0 Å². The topological polar surface area (TPSA) is 71.0 Å². The number of aromatic nitrogens is 3. The van der Waals surface area contributed by atoms with Crippen LogP contribution in [-0.2, 0) is 6.42 Å². The van der Waals surface area contributed by atoms with Gasteiger partial charge >= 0.3 is 6.18 Å². The molecule has 5 rings (SSSR count). The lowest BCUT2D eigenvalue weighted by Crippen LogP contribution is -2.36. The Kier molecular flexibility index (Phi) is 2.49. The summed E-state index contributed by atoms with van der Waals surface area (Å²) in [6.07, 6.45) is -2.17. The summed E-state index contributed by atoms with van der Waals surface area (Å²) in [7, 11) is 0. The number of nitroso groups, excluding NO2 is 1. The first-order chi connectivity index (χ1) is 11.4. The van der Waals surface area contributed by atoms with Crippen LogP contribution in [0.25, 0.3) is 16.6 Å². The minimum atomic E-state index is -4.55. The molecule has 2 bridgehead atoms. The molecule has 1 aromatic heterocycles. The van der Waals surface area contributed by atoms with Gasteiger partial charge in [-0.05, 0) is 54.4 Å². The molecule has 1 heterocycles. The molecule has 0 aliphatic heterocycles. The van der Waals surface area contributed by atoms with Crippen molar-refractivity contribution in [1.29, 1.82) is 0 Å². The maximum absolute atomic E-state index is 13.8. The number of fused-ring (bicyclic) bond motifs is 5. The Morgan fingerprint density at radius 2 is 2.12 bits per heavy atom. The molecule has 1 N–H and O–H groups in total. The highest BCUT2D eigenvalue weighted by Gasteiger charge is 2.60. The van der Waals surface area contributed by atoms with Gasteiger partial charge in [0.25, 0.3) is 0 Å². The molecule has 1 fully saturated rings. The van der Waals surface area contributed by atoms with Crippen molar-refractivity contribution in [1.82, 2.24) is 15.4 Å². The van der Waals surface area contributed by atoms with E-state index in [0.29, 0.717) is 42.3 Å². The second-order valence-corrected chi connectivity index (χ2v) is 7.08. The van der Waals surface area contributed by atoms with Crippen LogP contribution in [-0.4, -0.2) is 27.6 Å². The minimum Gasteiger partial charge on any atom is -0.197 e. The van der Waals surface area contributed by atoms with Gasteiger partial charge in [0.15, 0.2) is 0 Å². The number of nitrogens with zero attached hydrogens (tertiary/aromatic N) is 3. The third kappa shape index (κ3) is 1.56. The Bertz CT molecular complexity index is 916.